The van der Waals surface area contributed by atoms with E-state index in [4.69, 9.17) is 4.74 Å². The van der Waals surface area contributed by atoms with Crippen molar-refractivity contribution in [1.29, 1.82) is 0 Å². The third-order valence-corrected chi connectivity index (χ3v) is 6.92. The van der Waals surface area contributed by atoms with Gasteiger partial charge in [-0.3, -0.25) is 4.79 Å². The molecule has 29 heavy (non-hydrogen) atoms. The number of carbonyl (C=O) groups is 2. The number of nitrogens with one attached hydrogen (secondary N) is 1. The average Bonchev–Trinajstić information content (AvgIpc) is 3.30. The lowest BCUT2D eigenvalue weighted by molar-refractivity contribution is -0.125. The normalized spacial score (nSPS) is 23.8. The maximum Gasteiger partial charge on any atom is 0.410 e. The largest absolute Gasteiger partial charge is 0.444 e. The fraction of sp³-hybridized carbons (Fsp3) is 0.667. The molecule has 0 radical (unpaired) electrons. The van der Waals surface area contributed by atoms with Crippen molar-refractivity contribution in [3.8, 4) is 0 Å². The van der Waals surface area contributed by atoms with Crippen LogP contribution in [0.1, 0.15) is 84.3 Å². The van der Waals surface area contributed by atoms with E-state index in [1.54, 1.807) is 0 Å². The summed E-state index contributed by atoms with van der Waals surface area (Å²) in [5, 5.41) is 3.37. The molecular weight excluding hydrogens is 364 g/mol. The molecule has 5 nitrogen and oxygen atoms in total. The zero-order chi connectivity index (χ0) is 20.6. The molecule has 0 unspecified atom stereocenters. The Bertz CT molecular complexity index is 775. The van der Waals surface area contributed by atoms with Gasteiger partial charge < -0.3 is 15.0 Å². The SMILES string of the molecule is CC(C)(C)OC(=O)N1CCC2(CC1)C[C@H](NC(=O)C1CCCC1)c1ccccc12.[HH]. The van der Waals surface area contributed by atoms with E-state index in [-0.39, 0.29) is 30.8 Å². The molecular formula is C24H36N2O3. The number of fused-ring (bicyclic) bond motifs is 2. The lowest BCUT2D eigenvalue weighted by Crippen LogP contribution is -2.46. The van der Waals surface area contributed by atoms with Crippen LogP contribution in [0.25, 0.3) is 0 Å². The summed E-state index contributed by atoms with van der Waals surface area (Å²) < 4.78 is 5.56. The molecule has 2 amide bonds. The molecule has 1 aromatic carbocycles. The minimum atomic E-state index is -0.470. The van der Waals surface area contributed by atoms with Crippen molar-refractivity contribution in [2.24, 2.45) is 5.92 Å². The number of hydrogen-bond donors (Lipinski definition) is 1. The molecule has 2 aliphatic carbocycles. The number of hydrogen-bond acceptors (Lipinski definition) is 3. The highest BCUT2D eigenvalue weighted by molar-refractivity contribution is 5.79. The van der Waals surface area contributed by atoms with Gasteiger partial charge in [0.2, 0.25) is 5.91 Å². The monoisotopic (exact) mass is 400 g/mol. The zero-order valence-electron chi connectivity index (χ0n) is 18.0. The van der Waals surface area contributed by atoms with Crippen LogP contribution in [0.3, 0.4) is 0 Å². The average molecular weight is 401 g/mol. The number of ether oxygens (including phenoxy) is 1. The predicted octanol–water partition coefficient (Wildman–Crippen LogP) is 4.95. The summed E-state index contributed by atoms with van der Waals surface area (Å²) in [6, 6.07) is 8.65. The van der Waals surface area contributed by atoms with E-state index < -0.39 is 5.60 Å². The molecule has 1 aromatic rings. The molecule has 1 saturated carbocycles. The van der Waals surface area contributed by atoms with Crippen LogP contribution < -0.4 is 5.32 Å². The Kier molecular flexibility index (Phi) is 5.34. The fourth-order valence-corrected chi connectivity index (χ4v) is 5.42. The Balaban J connectivity index is 0.00000256. The molecule has 0 bridgehead atoms. The predicted molar refractivity (Wildman–Crippen MR) is 115 cm³/mol. The third-order valence-electron chi connectivity index (χ3n) is 6.92. The third kappa shape index (κ3) is 4.15. The lowest BCUT2D eigenvalue weighted by atomic mass is 9.73. The van der Waals surface area contributed by atoms with Gasteiger partial charge in [0.05, 0.1) is 6.04 Å². The molecule has 1 saturated heterocycles. The van der Waals surface area contributed by atoms with Crippen LogP contribution in [-0.4, -0.2) is 35.6 Å². The van der Waals surface area contributed by atoms with Crippen LogP contribution in [-0.2, 0) is 14.9 Å². The summed E-state index contributed by atoms with van der Waals surface area (Å²) in [7, 11) is 0. The summed E-state index contributed by atoms with van der Waals surface area (Å²) in [4.78, 5) is 27.1. The number of rotatable bonds is 2. The number of carbonyl (C=O) groups excluding carboxylic acids is 2. The summed E-state index contributed by atoms with van der Waals surface area (Å²) in [6.45, 7) is 7.11. The van der Waals surface area contributed by atoms with E-state index >= 15 is 0 Å². The molecule has 160 valence electrons. The number of likely N-dealkylation sites (tertiary alicyclic amines) is 1. The van der Waals surface area contributed by atoms with E-state index in [0.29, 0.717) is 13.1 Å². The second-order valence-corrected chi connectivity index (χ2v) is 10.1. The van der Waals surface area contributed by atoms with Crippen LogP contribution >= 0.6 is 0 Å². The Morgan fingerprint density at radius 1 is 1.14 bits per heavy atom. The summed E-state index contributed by atoms with van der Waals surface area (Å²) in [6.07, 6.45) is 6.94. The van der Waals surface area contributed by atoms with Gasteiger partial charge in [-0.1, -0.05) is 37.1 Å². The van der Waals surface area contributed by atoms with Gasteiger partial charge >= 0.3 is 6.09 Å². The highest BCUT2D eigenvalue weighted by atomic mass is 16.6. The lowest BCUT2D eigenvalue weighted by Gasteiger charge is -2.40. The van der Waals surface area contributed by atoms with Crippen molar-refractivity contribution in [3.05, 3.63) is 35.4 Å². The van der Waals surface area contributed by atoms with E-state index in [1.165, 1.54) is 24.0 Å². The summed E-state index contributed by atoms with van der Waals surface area (Å²) in [5.41, 5.74) is 2.20. The first kappa shape index (κ1) is 20.2. The molecule has 0 aromatic heterocycles. The van der Waals surface area contributed by atoms with E-state index in [0.717, 1.165) is 32.1 Å². The Hall–Kier alpha value is -2.04. The van der Waals surface area contributed by atoms with Gasteiger partial charge in [0.15, 0.2) is 0 Å². The first-order valence-corrected chi connectivity index (χ1v) is 11.2. The van der Waals surface area contributed by atoms with E-state index in [1.807, 2.05) is 25.7 Å². The minimum Gasteiger partial charge on any atom is -0.444 e. The van der Waals surface area contributed by atoms with Crippen molar-refractivity contribution in [3.63, 3.8) is 0 Å². The second kappa shape index (κ2) is 7.66. The number of amides is 2. The Morgan fingerprint density at radius 3 is 2.45 bits per heavy atom. The second-order valence-electron chi connectivity index (χ2n) is 10.1. The van der Waals surface area contributed by atoms with Gasteiger partial charge in [0, 0.05) is 25.8 Å². The topological polar surface area (TPSA) is 58.6 Å². The smallest absolute Gasteiger partial charge is 0.410 e. The minimum absolute atomic E-state index is 0. The van der Waals surface area contributed by atoms with Gasteiger partial charge in [-0.2, -0.15) is 0 Å². The van der Waals surface area contributed by atoms with Crippen LogP contribution in [0, 0.1) is 5.92 Å². The van der Waals surface area contributed by atoms with E-state index in [9.17, 15) is 9.59 Å². The fourth-order valence-electron chi connectivity index (χ4n) is 5.42. The van der Waals surface area contributed by atoms with Gasteiger partial charge in [-0.05, 0) is 64.0 Å². The van der Waals surface area contributed by atoms with Crippen molar-refractivity contribution in [2.45, 2.75) is 82.8 Å². The first-order chi connectivity index (χ1) is 13.8. The number of piperidine rings is 1. The molecule has 1 aliphatic heterocycles. The Labute approximate surface area is 175 Å². The zero-order valence-corrected chi connectivity index (χ0v) is 18.0. The maximum atomic E-state index is 12.8. The van der Waals surface area contributed by atoms with Crippen molar-refractivity contribution in [2.75, 3.05) is 13.1 Å². The molecule has 1 atom stereocenters. The van der Waals surface area contributed by atoms with Gasteiger partial charge in [0.25, 0.3) is 0 Å². The molecule has 1 N–H and O–H groups in total. The van der Waals surface area contributed by atoms with Crippen molar-refractivity contribution in [1.82, 2.24) is 10.2 Å². The summed E-state index contributed by atoms with van der Waals surface area (Å²) in [5.74, 6) is 0.415. The van der Waals surface area contributed by atoms with Crippen LogP contribution in [0.2, 0.25) is 0 Å². The highest BCUT2D eigenvalue weighted by Gasteiger charge is 2.47. The van der Waals surface area contributed by atoms with Crippen LogP contribution in [0.15, 0.2) is 24.3 Å². The summed E-state index contributed by atoms with van der Waals surface area (Å²) >= 11 is 0. The van der Waals surface area contributed by atoms with Crippen molar-refractivity contribution >= 4 is 12.0 Å². The van der Waals surface area contributed by atoms with Gasteiger partial charge in [0.1, 0.15) is 5.60 Å². The molecule has 3 aliphatic rings. The molecule has 2 fully saturated rings. The number of benzene rings is 1. The van der Waals surface area contributed by atoms with Crippen LogP contribution in [0.4, 0.5) is 4.79 Å². The molecule has 5 heteroatoms. The maximum absolute atomic E-state index is 12.8. The van der Waals surface area contributed by atoms with Crippen LogP contribution in [0.5, 0.6) is 0 Å². The molecule has 1 heterocycles. The quantitative estimate of drug-likeness (QED) is 0.764. The number of nitrogens with zero attached hydrogens (tertiary/aromatic N) is 1. The van der Waals surface area contributed by atoms with E-state index in [2.05, 4.69) is 29.6 Å². The molecule has 1 spiro atoms. The van der Waals surface area contributed by atoms with Crippen molar-refractivity contribution < 1.29 is 15.8 Å². The van der Waals surface area contributed by atoms with Gasteiger partial charge in [-0.25, -0.2) is 4.79 Å². The molecule has 4 rings (SSSR count). The highest BCUT2D eigenvalue weighted by Crippen LogP contribution is 2.51. The Morgan fingerprint density at radius 2 is 1.79 bits per heavy atom. The first-order valence-electron chi connectivity index (χ1n) is 11.2. The van der Waals surface area contributed by atoms with Gasteiger partial charge in [-0.15, -0.1) is 0 Å². The standard InChI is InChI=1S/C24H34N2O3.H2/c1-23(2,3)29-22(28)26-14-12-24(13-15-26)16-20(18-10-6-7-11-19(18)24)25-21(27)17-8-4-5-9-17;/h6-7,10-11,17,20H,4-5,8-9,12-16H2,1-3H3,(H,25,27);1H/t20-;/m0./s1.